The molecule has 0 saturated carbocycles. The third-order valence-electron chi connectivity index (χ3n) is 3.88. The van der Waals surface area contributed by atoms with Crippen LogP contribution in [0.25, 0.3) is 5.57 Å². The van der Waals surface area contributed by atoms with Crippen LogP contribution >= 0.6 is 0 Å². The molecule has 2 rings (SSSR count). The van der Waals surface area contributed by atoms with Crippen molar-refractivity contribution in [2.45, 2.75) is 39.3 Å². The number of hydrogen-bond donors (Lipinski definition) is 0. The van der Waals surface area contributed by atoms with Gasteiger partial charge in [0.15, 0.2) is 0 Å². The highest BCUT2D eigenvalue weighted by molar-refractivity contribution is 5.89. The number of alkyl halides is 3. The molecule has 0 bridgehead atoms. The van der Waals surface area contributed by atoms with Gasteiger partial charge in [-0.15, -0.1) is 0 Å². The summed E-state index contributed by atoms with van der Waals surface area (Å²) in [6.45, 7) is 3.99. The van der Waals surface area contributed by atoms with Crippen LogP contribution in [0.3, 0.4) is 0 Å². The van der Waals surface area contributed by atoms with E-state index in [2.05, 4.69) is 0 Å². The minimum Gasteiger partial charge on any atom is -0.298 e. The largest absolute Gasteiger partial charge is 0.416 e. The van der Waals surface area contributed by atoms with E-state index in [1.165, 1.54) is 0 Å². The number of carbonyl (C=O) groups is 1. The molecule has 1 aromatic carbocycles. The highest BCUT2D eigenvalue weighted by Crippen LogP contribution is 2.43. The molecule has 0 saturated heterocycles. The molecule has 1 nitrogen and oxygen atoms in total. The Bertz CT molecular complexity index is 597. The van der Waals surface area contributed by atoms with Crippen LogP contribution in [-0.2, 0) is 11.0 Å². The molecule has 0 heterocycles. The minimum absolute atomic E-state index is 0.0953. The third-order valence-corrected chi connectivity index (χ3v) is 3.88. The lowest BCUT2D eigenvalue weighted by molar-refractivity contribution is -0.137. The smallest absolute Gasteiger partial charge is 0.298 e. The van der Waals surface area contributed by atoms with Gasteiger partial charge in [-0.05, 0) is 48.0 Å². The predicted octanol–water partition coefficient (Wildman–Crippen LogP) is 5.01. The first-order chi connectivity index (χ1) is 9.64. The van der Waals surface area contributed by atoms with Crippen molar-refractivity contribution in [3.05, 3.63) is 40.7 Å². The van der Waals surface area contributed by atoms with E-state index in [0.29, 0.717) is 36.3 Å². The summed E-state index contributed by atoms with van der Waals surface area (Å²) < 4.78 is 51.8. The van der Waals surface area contributed by atoms with Crippen LogP contribution in [0.5, 0.6) is 0 Å². The summed E-state index contributed by atoms with van der Waals surface area (Å²) >= 11 is 0. The Kier molecular flexibility index (Phi) is 3.95. The van der Waals surface area contributed by atoms with Crippen molar-refractivity contribution < 1.29 is 22.4 Å². The molecule has 21 heavy (non-hydrogen) atoms. The van der Waals surface area contributed by atoms with Gasteiger partial charge in [-0.25, -0.2) is 4.39 Å². The summed E-state index contributed by atoms with van der Waals surface area (Å²) in [5.74, 6) is -0.933. The van der Waals surface area contributed by atoms with E-state index in [-0.39, 0.29) is 11.0 Å². The van der Waals surface area contributed by atoms with E-state index in [4.69, 9.17) is 0 Å². The Hall–Kier alpha value is -1.65. The zero-order valence-corrected chi connectivity index (χ0v) is 11.9. The molecular weight excluding hydrogens is 284 g/mol. The van der Waals surface area contributed by atoms with E-state index in [1.54, 1.807) is 0 Å². The average molecular weight is 300 g/mol. The van der Waals surface area contributed by atoms with Crippen LogP contribution in [-0.4, -0.2) is 6.29 Å². The first-order valence-corrected chi connectivity index (χ1v) is 6.68. The van der Waals surface area contributed by atoms with E-state index >= 15 is 0 Å². The van der Waals surface area contributed by atoms with E-state index in [0.717, 1.165) is 18.6 Å². The Morgan fingerprint density at radius 2 is 1.90 bits per heavy atom. The summed E-state index contributed by atoms with van der Waals surface area (Å²) in [7, 11) is 0. The molecule has 0 atom stereocenters. The van der Waals surface area contributed by atoms with Gasteiger partial charge in [0.05, 0.1) is 5.56 Å². The topological polar surface area (TPSA) is 17.1 Å². The van der Waals surface area contributed by atoms with Crippen molar-refractivity contribution >= 4 is 11.9 Å². The molecule has 5 heteroatoms. The Morgan fingerprint density at radius 3 is 2.43 bits per heavy atom. The van der Waals surface area contributed by atoms with Crippen molar-refractivity contribution in [2.24, 2.45) is 5.41 Å². The summed E-state index contributed by atoms with van der Waals surface area (Å²) in [6, 6.07) is 2.47. The average Bonchev–Trinajstić information content (AvgIpc) is 2.36. The molecule has 1 aromatic rings. The van der Waals surface area contributed by atoms with Crippen LogP contribution in [0, 0.1) is 11.2 Å². The highest BCUT2D eigenvalue weighted by Gasteiger charge is 2.33. The van der Waals surface area contributed by atoms with E-state index < -0.39 is 17.6 Å². The number of rotatable bonds is 2. The summed E-state index contributed by atoms with van der Waals surface area (Å²) in [6.07, 6.45) is -2.10. The fraction of sp³-hybridized carbons (Fsp3) is 0.438. The van der Waals surface area contributed by atoms with Gasteiger partial charge in [-0.2, -0.15) is 13.2 Å². The molecule has 0 spiro atoms. The van der Waals surface area contributed by atoms with Gasteiger partial charge in [0.2, 0.25) is 0 Å². The summed E-state index contributed by atoms with van der Waals surface area (Å²) in [5, 5.41) is 0. The van der Waals surface area contributed by atoms with Gasteiger partial charge in [-0.1, -0.05) is 19.9 Å². The van der Waals surface area contributed by atoms with Gasteiger partial charge in [0.1, 0.15) is 12.1 Å². The van der Waals surface area contributed by atoms with Gasteiger partial charge < -0.3 is 0 Å². The molecule has 114 valence electrons. The van der Waals surface area contributed by atoms with Gasteiger partial charge >= 0.3 is 6.18 Å². The lowest BCUT2D eigenvalue weighted by Gasteiger charge is -2.32. The number of halogens is 4. The Labute approximate surface area is 120 Å². The third kappa shape index (κ3) is 3.34. The molecule has 1 aliphatic carbocycles. The molecule has 0 fully saturated rings. The molecular formula is C16H16F4O. The second-order valence-corrected chi connectivity index (χ2v) is 6.16. The molecule has 0 radical (unpaired) electrons. The van der Waals surface area contributed by atoms with Crippen LogP contribution in [0.1, 0.15) is 44.2 Å². The first kappa shape index (κ1) is 15.7. The quantitative estimate of drug-likeness (QED) is 0.554. The lowest BCUT2D eigenvalue weighted by Crippen LogP contribution is -2.19. The number of aldehydes is 1. The van der Waals surface area contributed by atoms with Crippen molar-refractivity contribution in [3.63, 3.8) is 0 Å². The number of benzene rings is 1. The van der Waals surface area contributed by atoms with Crippen molar-refractivity contribution in [3.8, 4) is 0 Å². The Balaban J connectivity index is 2.50. The van der Waals surface area contributed by atoms with E-state index in [9.17, 15) is 22.4 Å². The molecule has 0 aliphatic heterocycles. The predicted molar refractivity (Wildman–Crippen MR) is 72.0 cm³/mol. The summed E-state index contributed by atoms with van der Waals surface area (Å²) in [4.78, 5) is 11.1. The van der Waals surface area contributed by atoms with Gasteiger partial charge in [0.25, 0.3) is 0 Å². The van der Waals surface area contributed by atoms with Crippen LogP contribution in [0.15, 0.2) is 23.8 Å². The second kappa shape index (κ2) is 5.28. The molecule has 0 aromatic heterocycles. The molecule has 0 N–H and O–H groups in total. The Morgan fingerprint density at radius 1 is 1.24 bits per heavy atom. The first-order valence-electron chi connectivity index (χ1n) is 6.68. The number of carbonyl (C=O) groups excluding carboxylic acids is 1. The maximum absolute atomic E-state index is 14.1. The molecule has 0 amide bonds. The van der Waals surface area contributed by atoms with E-state index in [1.807, 2.05) is 13.8 Å². The summed E-state index contributed by atoms with van der Waals surface area (Å²) in [5.41, 5.74) is -0.0258. The fourth-order valence-corrected chi connectivity index (χ4v) is 2.64. The minimum atomic E-state index is -4.58. The molecule has 1 aliphatic rings. The van der Waals surface area contributed by atoms with Crippen LogP contribution in [0.2, 0.25) is 0 Å². The van der Waals surface area contributed by atoms with Crippen molar-refractivity contribution in [1.82, 2.24) is 0 Å². The monoisotopic (exact) mass is 300 g/mol. The van der Waals surface area contributed by atoms with Gasteiger partial charge in [-0.3, -0.25) is 4.79 Å². The lowest BCUT2D eigenvalue weighted by atomic mass is 9.72. The zero-order valence-electron chi connectivity index (χ0n) is 11.9. The second-order valence-electron chi connectivity index (χ2n) is 6.16. The number of hydrogen-bond acceptors (Lipinski definition) is 1. The molecule has 0 unspecified atom stereocenters. The van der Waals surface area contributed by atoms with Crippen LogP contribution in [0.4, 0.5) is 17.6 Å². The SMILES string of the molecule is CC1(C)CCC(C=O)=C(c2ccc(C(F)(F)F)cc2F)C1. The zero-order chi connectivity index (χ0) is 15.8. The van der Waals surface area contributed by atoms with Gasteiger partial charge in [0, 0.05) is 5.56 Å². The maximum atomic E-state index is 14.1. The normalized spacial score (nSPS) is 18.8. The van der Waals surface area contributed by atoms with Crippen molar-refractivity contribution in [2.75, 3.05) is 0 Å². The number of allylic oxidation sites excluding steroid dienone is 2. The standard InChI is InChI=1S/C16H16F4O/c1-15(2)6-5-10(9-21)13(8-15)12-4-3-11(7-14(12)17)16(18,19)20/h3-4,7,9H,5-6,8H2,1-2H3. The van der Waals surface area contributed by atoms with Crippen molar-refractivity contribution in [1.29, 1.82) is 0 Å². The fourth-order valence-electron chi connectivity index (χ4n) is 2.64. The highest BCUT2D eigenvalue weighted by atomic mass is 19.4. The van der Waals surface area contributed by atoms with Crippen LogP contribution < -0.4 is 0 Å². The maximum Gasteiger partial charge on any atom is 0.416 e.